The van der Waals surface area contributed by atoms with Crippen molar-refractivity contribution in [1.29, 1.82) is 0 Å². The van der Waals surface area contributed by atoms with Crippen molar-refractivity contribution in [3.63, 3.8) is 0 Å². The molecule has 1 saturated heterocycles. The van der Waals surface area contributed by atoms with Gasteiger partial charge in [-0.05, 0) is 43.9 Å². The Labute approximate surface area is 148 Å². The lowest BCUT2D eigenvalue weighted by molar-refractivity contribution is 0.136. The van der Waals surface area contributed by atoms with Gasteiger partial charge in [0.15, 0.2) is 0 Å². The first-order chi connectivity index (χ1) is 11.9. The number of rotatable bonds is 2. The van der Waals surface area contributed by atoms with Gasteiger partial charge in [0.05, 0.1) is 10.9 Å². The second-order valence-electron chi connectivity index (χ2n) is 8.23. The number of aryl methyl sites for hydroxylation is 1. The van der Waals surface area contributed by atoms with E-state index >= 15 is 0 Å². The summed E-state index contributed by atoms with van der Waals surface area (Å²) in [5.74, 6) is 0.791. The second kappa shape index (κ2) is 5.84. The minimum absolute atomic E-state index is 0.0233. The molecule has 1 aromatic carbocycles. The molecule has 1 aliphatic heterocycles. The molecule has 2 N–H and O–H groups in total. The largest absolute Gasteiger partial charge is 0.341 e. The molecule has 134 valence electrons. The van der Waals surface area contributed by atoms with E-state index in [1.165, 1.54) is 32.1 Å². The van der Waals surface area contributed by atoms with Crippen LogP contribution in [0.5, 0.6) is 0 Å². The SMILES string of the molecule is Cc1cc(C(C)N)c2nc(N3CC4(CCCCC4)C3)n(C)c(=O)c2c1. The second-order valence-corrected chi connectivity index (χ2v) is 8.23. The third-order valence-corrected chi connectivity index (χ3v) is 6.07. The van der Waals surface area contributed by atoms with Gasteiger partial charge in [0.2, 0.25) is 5.95 Å². The van der Waals surface area contributed by atoms with Gasteiger partial charge in [-0.1, -0.05) is 25.3 Å². The Hall–Kier alpha value is -1.88. The number of nitrogens with zero attached hydrogens (tertiary/aromatic N) is 3. The summed E-state index contributed by atoms with van der Waals surface area (Å²) in [4.78, 5) is 20.1. The van der Waals surface area contributed by atoms with Gasteiger partial charge in [0.25, 0.3) is 5.56 Å². The van der Waals surface area contributed by atoms with Crippen LogP contribution in [-0.4, -0.2) is 22.6 Å². The van der Waals surface area contributed by atoms with E-state index in [1.54, 1.807) is 4.57 Å². The van der Waals surface area contributed by atoms with E-state index in [2.05, 4.69) is 11.0 Å². The summed E-state index contributed by atoms with van der Waals surface area (Å²) in [6.07, 6.45) is 6.67. The summed E-state index contributed by atoms with van der Waals surface area (Å²) < 4.78 is 1.71. The van der Waals surface area contributed by atoms with E-state index in [0.29, 0.717) is 10.8 Å². The lowest BCUT2D eigenvalue weighted by Gasteiger charge is -2.53. The lowest BCUT2D eigenvalue weighted by atomic mass is 9.69. The van der Waals surface area contributed by atoms with Crippen molar-refractivity contribution >= 4 is 16.9 Å². The monoisotopic (exact) mass is 340 g/mol. The van der Waals surface area contributed by atoms with Crippen molar-refractivity contribution in [3.05, 3.63) is 33.6 Å². The van der Waals surface area contributed by atoms with Gasteiger partial charge in [-0.15, -0.1) is 0 Å². The third-order valence-electron chi connectivity index (χ3n) is 6.07. The predicted molar refractivity (Wildman–Crippen MR) is 102 cm³/mol. The van der Waals surface area contributed by atoms with Crippen molar-refractivity contribution in [1.82, 2.24) is 9.55 Å². The summed E-state index contributed by atoms with van der Waals surface area (Å²) in [6, 6.07) is 3.84. The molecule has 2 heterocycles. The summed E-state index contributed by atoms with van der Waals surface area (Å²) in [5, 5.41) is 0.673. The van der Waals surface area contributed by atoms with Crippen molar-refractivity contribution in [3.8, 4) is 0 Å². The van der Waals surface area contributed by atoms with Crippen LogP contribution >= 0.6 is 0 Å². The van der Waals surface area contributed by atoms with Crippen molar-refractivity contribution in [2.45, 2.75) is 52.0 Å². The highest BCUT2D eigenvalue weighted by molar-refractivity contribution is 5.83. The van der Waals surface area contributed by atoms with Crippen molar-refractivity contribution in [2.75, 3.05) is 18.0 Å². The molecule has 5 heteroatoms. The lowest BCUT2D eigenvalue weighted by Crippen LogP contribution is -2.58. The number of benzene rings is 1. The quantitative estimate of drug-likeness (QED) is 0.913. The molecule has 0 radical (unpaired) electrons. The zero-order valence-corrected chi connectivity index (χ0v) is 15.5. The molecular formula is C20H28N4O. The highest BCUT2D eigenvalue weighted by Crippen LogP contribution is 2.45. The Kier molecular flexibility index (Phi) is 3.87. The molecule has 1 aliphatic carbocycles. The normalized spacial score (nSPS) is 20.7. The Bertz CT molecular complexity index is 869. The Morgan fingerprint density at radius 3 is 2.52 bits per heavy atom. The first kappa shape index (κ1) is 16.6. The first-order valence-electron chi connectivity index (χ1n) is 9.42. The van der Waals surface area contributed by atoms with Crippen LogP contribution in [0.2, 0.25) is 0 Å². The molecule has 0 bridgehead atoms. The van der Waals surface area contributed by atoms with Crippen LogP contribution in [0.25, 0.3) is 10.9 Å². The van der Waals surface area contributed by atoms with Crippen LogP contribution in [0, 0.1) is 12.3 Å². The van der Waals surface area contributed by atoms with E-state index in [1.807, 2.05) is 27.0 Å². The van der Waals surface area contributed by atoms with E-state index < -0.39 is 0 Å². The van der Waals surface area contributed by atoms with E-state index in [0.717, 1.165) is 35.7 Å². The summed E-state index contributed by atoms with van der Waals surface area (Å²) in [7, 11) is 1.84. The molecule has 1 unspecified atom stereocenters. The maximum atomic E-state index is 12.9. The van der Waals surface area contributed by atoms with E-state index in [9.17, 15) is 4.79 Å². The molecule has 0 amide bonds. The van der Waals surface area contributed by atoms with Gasteiger partial charge in [0.1, 0.15) is 0 Å². The molecule has 4 rings (SSSR count). The molecule has 1 atom stereocenters. The zero-order valence-electron chi connectivity index (χ0n) is 15.5. The number of hydrogen-bond donors (Lipinski definition) is 1. The average Bonchev–Trinajstić information content (AvgIpc) is 2.56. The van der Waals surface area contributed by atoms with E-state index in [-0.39, 0.29) is 11.6 Å². The van der Waals surface area contributed by atoms with Crippen LogP contribution in [0.4, 0.5) is 5.95 Å². The highest BCUT2D eigenvalue weighted by Gasteiger charge is 2.44. The molecule has 1 saturated carbocycles. The zero-order chi connectivity index (χ0) is 17.8. The third kappa shape index (κ3) is 2.65. The number of hydrogen-bond acceptors (Lipinski definition) is 4. The predicted octanol–water partition coefficient (Wildman–Crippen LogP) is 3.03. The number of anilines is 1. The minimum Gasteiger partial charge on any atom is -0.341 e. The van der Waals surface area contributed by atoms with Gasteiger partial charge in [-0.2, -0.15) is 0 Å². The Balaban J connectivity index is 1.78. The highest BCUT2D eigenvalue weighted by atomic mass is 16.1. The fourth-order valence-electron chi connectivity index (χ4n) is 4.69. The van der Waals surface area contributed by atoms with Crippen LogP contribution < -0.4 is 16.2 Å². The maximum absolute atomic E-state index is 12.9. The fourth-order valence-corrected chi connectivity index (χ4v) is 4.69. The number of aromatic nitrogens is 2. The minimum atomic E-state index is -0.143. The van der Waals surface area contributed by atoms with Crippen LogP contribution in [0.3, 0.4) is 0 Å². The fraction of sp³-hybridized carbons (Fsp3) is 0.600. The molecule has 2 fully saturated rings. The summed E-state index contributed by atoms with van der Waals surface area (Å²) in [6.45, 7) is 6.00. The van der Waals surface area contributed by atoms with E-state index in [4.69, 9.17) is 10.7 Å². The first-order valence-corrected chi connectivity index (χ1v) is 9.42. The van der Waals surface area contributed by atoms with Crippen molar-refractivity contribution in [2.24, 2.45) is 18.2 Å². The smallest absolute Gasteiger partial charge is 0.262 e. The molecule has 25 heavy (non-hydrogen) atoms. The Morgan fingerprint density at radius 2 is 1.88 bits per heavy atom. The average molecular weight is 340 g/mol. The molecule has 2 aliphatic rings. The van der Waals surface area contributed by atoms with Gasteiger partial charge in [-0.25, -0.2) is 4.98 Å². The van der Waals surface area contributed by atoms with Crippen molar-refractivity contribution < 1.29 is 0 Å². The number of fused-ring (bicyclic) bond motifs is 1. The Morgan fingerprint density at radius 1 is 1.20 bits per heavy atom. The maximum Gasteiger partial charge on any atom is 0.262 e. The molecule has 2 aromatic rings. The van der Waals surface area contributed by atoms with Crippen LogP contribution in [0.1, 0.15) is 56.2 Å². The molecule has 1 spiro atoms. The van der Waals surface area contributed by atoms with Crippen LogP contribution in [-0.2, 0) is 7.05 Å². The summed E-state index contributed by atoms with van der Waals surface area (Å²) in [5.41, 5.74) is 9.42. The molecular weight excluding hydrogens is 312 g/mol. The standard InChI is InChI=1S/C20H28N4O/c1-13-9-15(14(2)21)17-16(10-13)18(25)23(3)19(22-17)24-11-20(12-24)7-5-4-6-8-20/h9-10,14H,4-8,11-12,21H2,1-3H3. The molecule has 1 aromatic heterocycles. The summed E-state index contributed by atoms with van der Waals surface area (Å²) >= 11 is 0. The molecule has 5 nitrogen and oxygen atoms in total. The van der Waals surface area contributed by atoms with Gasteiger partial charge >= 0.3 is 0 Å². The van der Waals surface area contributed by atoms with Gasteiger partial charge < -0.3 is 10.6 Å². The van der Waals surface area contributed by atoms with Gasteiger partial charge in [0, 0.05) is 31.6 Å². The van der Waals surface area contributed by atoms with Crippen LogP contribution in [0.15, 0.2) is 16.9 Å². The van der Waals surface area contributed by atoms with Gasteiger partial charge in [-0.3, -0.25) is 9.36 Å². The number of nitrogens with two attached hydrogens (primary N) is 1. The topological polar surface area (TPSA) is 64.2 Å².